The largest absolute Gasteiger partial charge is 0.320 e. The van der Waals surface area contributed by atoms with Crippen LogP contribution in [-0.4, -0.2) is 23.8 Å². The molecule has 1 heterocycles. The van der Waals surface area contributed by atoms with Crippen molar-refractivity contribution in [2.45, 2.75) is 19.3 Å². The van der Waals surface area contributed by atoms with Gasteiger partial charge in [-0.25, -0.2) is 4.39 Å². The quantitative estimate of drug-likeness (QED) is 0.833. The topological polar surface area (TPSA) is 37.8 Å². The molecule has 0 saturated carbocycles. The molecule has 3 nitrogen and oxygen atoms in total. The summed E-state index contributed by atoms with van der Waals surface area (Å²) in [7, 11) is 1.92. The molecule has 2 aromatic rings. The van der Waals surface area contributed by atoms with E-state index in [9.17, 15) is 4.39 Å². The molecule has 1 aromatic carbocycles. The lowest BCUT2D eigenvalue weighted by Gasteiger charge is -2.02. The highest BCUT2D eigenvalue weighted by molar-refractivity contribution is 7.11. The first-order valence-electron chi connectivity index (χ1n) is 6.09. The van der Waals surface area contributed by atoms with Crippen LogP contribution in [0.25, 0.3) is 0 Å². The second kappa shape index (κ2) is 6.93. The van der Waals surface area contributed by atoms with Gasteiger partial charge in [0.05, 0.1) is 0 Å². The molecule has 0 aliphatic heterocycles. The van der Waals surface area contributed by atoms with Crippen molar-refractivity contribution in [1.29, 1.82) is 0 Å². The molecule has 1 aromatic heterocycles. The van der Waals surface area contributed by atoms with Gasteiger partial charge in [-0.05, 0) is 32.1 Å². The van der Waals surface area contributed by atoms with E-state index in [1.54, 1.807) is 12.1 Å². The fourth-order valence-electron chi connectivity index (χ4n) is 1.73. The number of benzene rings is 1. The molecule has 6 heteroatoms. The van der Waals surface area contributed by atoms with E-state index < -0.39 is 0 Å². The summed E-state index contributed by atoms with van der Waals surface area (Å²) >= 11 is 7.52. The van der Waals surface area contributed by atoms with E-state index in [1.165, 1.54) is 17.4 Å². The average molecular weight is 300 g/mol. The summed E-state index contributed by atoms with van der Waals surface area (Å²) in [5.74, 6) is -0.292. The normalized spacial score (nSPS) is 10.9. The molecule has 0 bridgehead atoms. The zero-order chi connectivity index (χ0) is 13.7. The van der Waals surface area contributed by atoms with Gasteiger partial charge in [-0.1, -0.05) is 17.7 Å². The lowest BCUT2D eigenvalue weighted by Crippen LogP contribution is -2.08. The number of aryl methyl sites for hydroxylation is 1. The first-order chi connectivity index (χ1) is 9.20. The molecule has 0 saturated heterocycles. The fraction of sp³-hybridized carbons (Fsp3) is 0.385. The number of rotatable bonds is 6. The van der Waals surface area contributed by atoms with Crippen molar-refractivity contribution in [2.24, 2.45) is 0 Å². The highest BCUT2D eigenvalue weighted by atomic mass is 35.5. The van der Waals surface area contributed by atoms with Crippen molar-refractivity contribution < 1.29 is 4.39 Å². The predicted molar refractivity (Wildman–Crippen MR) is 76.4 cm³/mol. The monoisotopic (exact) mass is 299 g/mol. The smallest absolute Gasteiger partial charge is 0.128 e. The summed E-state index contributed by atoms with van der Waals surface area (Å²) in [5, 5.41) is 13.5. The third-order valence-electron chi connectivity index (χ3n) is 2.72. The predicted octanol–water partition coefficient (Wildman–Crippen LogP) is 3.07. The fourth-order valence-corrected chi connectivity index (χ4v) is 2.86. The Morgan fingerprint density at radius 2 is 2.11 bits per heavy atom. The van der Waals surface area contributed by atoms with Crippen LogP contribution < -0.4 is 5.32 Å². The highest BCUT2D eigenvalue weighted by Gasteiger charge is 2.11. The van der Waals surface area contributed by atoms with Gasteiger partial charge in [0.15, 0.2) is 0 Å². The molecule has 0 unspecified atom stereocenters. The van der Waals surface area contributed by atoms with Crippen LogP contribution in [0.5, 0.6) is 0 Å². The Bertz CT molecular complexity index is 524. The van der Waals surface area contributed by atoms with Gasteiger partial charge in [0.1, 0.15) is 15.8 Å². The SMILES string of the molecule is CNCCCc1nnc(Cc2c(F)cccc2Cl)s1. The van der Waals surface area contributed by atoms with Crippen molar-refractivity contribution in [2.75, 3.05) is 13.6 Å². The Balaban J connectivity index is 2.03. The van der Waals surface area contributed by atoms with Crippen LogP contribution >= 0.6 is 22.9 Å². The number of halogens is 2. The Morgan fingerprint density at radius 3 is 2.84 bits per heavy atom. The third kappa shape index (κ3) is 3.96. The first kappa shape index (κ1) is 14.4. The summed E-state index contributed by atoms with van der Waals surface area (Å²) in [6, 6.07) is 4.70. The summed E-state index contributed by atoms with van der Waals surface area (Å²) in [6.45, 7) is 0.952. The number of nitrogens with zero attached hydrogens (tertiary/aromatic N) is 2. The molecule has 19 heavy (non-hydrogen) atoms. The number of aromatic nitrogens is 2. The first-order valence-corrected chi connectivity index (χ1v) is 7.29. The van der Waals surface area contributed by atoms with Crippen molar-refractivity contribution in [3.8, 4) is 0 Å². The van der Waals surface area contributed by atoms with E-state index in [4.69, 9.17) is 11.6 Å². The van der Waals surface area contributed by atoms with Crippen LogP contribution in [0.3, 0.4) is 0 Å². The number of nitrogens with one attached hydrogen (secondary N) is 1. The second-order valence-corrected chi connectivity index (χ2v) is 5.73. The van der Waals surface area contributed by atoms with E-state index in [0.29, 0.717) is 17.0 Å². The molecule has 0 atom stereocenters. The third-order valence-corrected chi connectivity index (χ3v) is 4.05. The van der Waals surface area contributed by atoms with E-state index in [0.717, 1.165) is 29.4 Å². The van der Waals surface area contributed by atoms with Crippen LogP contribution in [0.1, 0.15) is 22.0 Å². The summed E-state index contributed by atoms with van der Waals surface area (Å²) in [5.41, 5.74) is 0.488. The molecular formula is C13H15ClFN3S. The Kier molecular flexibility index (Phi) is 5.24. The maximum atomic E-state index is 13.7. The summed E-state index contributed by atoms with van der Waals surface area (Å²) in [4.78, 5) is 0. The van der Waals surface area contributed by atoms with Crippen LogP contribution in [0.2, 0.25) is 5.02 Å². The Morgan fingerprint density at radius 1 is 1.32 bits per heavy atom. The summed E-state index contributed by atoms with van der Waals surface area (Å²) in [6.07, 6.45) is 2.31. The lowest BCUT2D eigenvalue weighted by molar-refractivity contribution is 0.613. The van der Waals surface area contributed by atoms with Crippen LogP contribution in [-0.2, 0) is 12.8 Å². The zero-order valence-corrected chi connectivity index (χ0v) is 12.2. The van der Waals surface area contributed by atoms with Gasteiger partial charge in [-0.3, -0.25) is 0 Å². The van der Waals surface area contributed by atoms with Crippen molar-refractivity contribution in [3.63, 3.8) is 0 Å². The van der Waals surface area contributed by atoms with Crippen LogP contribution in [0.15, 0.2) is 18.2 Å². The second-order valence-electron chi connectivity index (χ2n) is 4.17. The molecule has 1 N–H and O–H groups in total. The van der Waals surface area contributed by atoms with E-state index in [2.05, 4.69) is 15.5 Å². The molecule has 2 rings (SSSR count). The number of hydrogen-bond acceptors (Lipinski definition) is 4. The Labute approximate surface area is 120 Å². The van der Waals surface area contributed by atoms with E-state index >= 15 is 0 Å². The van der Waals surface area contributed by atoms with Gasteiger partial charge < -0.3 is 5.32 Å². The standard InChI is InChI=1S/C13H15ClFN3S/c1-16-7-3-6-12-17-18-13(19-12)8-9-10(14)4-2-5-11(9)15/h2,4-5,16H,3,6-8H2,1H3. The van der Waals surface area contributed by atoms with Crippen LogP contribution in [0.4, 0.5) is 4.39 Å². The number of hydrogen-bond donors (Lipinski definition) is 1. The molecule has 102 valence electrons. The minimum atomic E-state index is -0.292. The maximum Gasteiger partial charge on any atom is 0.128 e. The molecular weight excluding hydrogens is 285 g/mol. The lowest BCUT2D eigenvalue weighted by atomic mass is 10.1. The highest BCUT2D eigenvalue weighted by Crippen LogP contribution is 2.23. The van der Waals surface area contributed by atoms with Crippen molar-refractivity contribution in [1.82, 2.24) is 15.5 Å². The molecule has 0 radical (unpaired) electrons. The van der Waals surface area contributed by atoms with Gasteiger partial charge in [0.25, 0.3) is 0 Å². The molecule has 0 spiro atoms. The van der Waals surface area contributed by atoms with Gasteiger partial charge in [-0.15, -0.1) is 21.5 Å². The minimum Gasteiger partial charge on any atom is -0.320 e. The minimum absolute atomic E-state index is 0.292. The maximum absolute atomic E-state index is 13.7. The molecule has 0 fully saturated rings. The van der Waals surface area contributed by atoms with Crippen molar-refractivity contribution >= 4 is 22.9 Å². The molecule has 0 aliphatic carbocycles. The van der Waals surface area contributed by atoms with Gasteiger partial charge in [0, 0.05) is 23.4 Å². The van der Waals surface area contributed by atoms with Gasteiger partial charge >= 0.3 is 0 Å². The van der Waals surface area contributed by atoms with Crippen LogP contribution in [0, 0.1) is 5.82 Å². The van der Waals surface area contributed by atoms with E-state index in [-0.39, 0.29) is 5.82 Å². The Hall–Kier alpha value is -1.04. The molecule has 0 amide bonds. The van der Waals surface area contributed by atoms with Gasteiger partial charge in [-0.2, -0.15) is 0 Å². The van der Waals surface area contributed by atoms with Crippen molar-refractivity contribution in [3.05, 3.63) is 44.6 Å². The molecule has 0 aliphatic rings. The van der Waals surface area contributed by atoms with E-state index in [1.807, 2.05) is 7.05 Å². The zero-order valence-electron chi connectivity index (χ0n) is 10.6. The van der Waals surface area contributed by atoms with Gasteiger partial charge in [0.2, 0.25) is 0 Å². The average Bonchev–Trinajstić information content (AvgIpc) is 2.82. The summed E-state index contributed by atoms with van der Waals surface area (Å²) < 4.78 is 13.7.